The van der Waals surface area contributed by atoms with Crippen molar-refractivity contribution in [3.8, 4) is 11.5 Å². The molecule has 0 spiro atoms. The normalized spacial score (nSPS) is 20.2. The van der Waals surface area contributed by atoms with Gasteiger partial charge in [0.25, 0.3) is 0 Å². The summed E-state index contributed by atoms with van der Waals surface area (Å²) in [4.78, 5) is 16.3. The van der Waals surface area contributed by atoms with Crippen molar-refractivity contribution in [2.75, 3.05) is 19.6 Å². The van der Waals surface area contributed by atoms with Gasteiger partial charge in [0.1, 0.15) is 17.6 Å². The van der Waals surface area contributed by atoms with Crippen molar-refractivity contribution >= 4 is 5.91 Å². The van der Waals surface area contributed by atoms with Gasteiger partial charge in [-0.3, -0.25) is 9.69 Å². The number of halogens is 3. The molecule has 0 radical (unpaired) electrons. The van der Waals surface area contributed by atoms with Gasteiger partial charge in [-0.1, -0.05) is 30.3 Å². The van der Waals surface area contributed by atoms with Crippen LogP contribution >= 0.6 is 0 Å². The van der Waals surface area contributed by atoms with Crippen molar-refractivity contribution in [2.24, 2.45) is 5.92 Å². The minimum atomic E-state index is -4.68. The second kappa shape index (κ2) is 9.40. The molecule has 0 aliphatic carbocycles. The van der Waals surface area contributed by atoms with Crippen LogP contribution in [0.5, 0.6) is 11.5 Å². The topological polar surface area (TPSA) is 42.0 Å². The van der Waals surface area contributed by atoms with Crippen LogP contribution < -0.4 is 9.47 Å². The summed E-state index contributed by atoms with van der Waals surface area (Å²) in [6, 6.07) is 13.9. The Balaban J connectivity index is 1.34. The standard InChI is InChI=1S/C24H27F3N2O3/c1-17(30)29-15-20-4-2-3-5-22(20)31-23(16-29)19-10-12-28(13-11-19)14-18-6-8-21(9-7-18)32-24(25,26)27/h2-9,19,23H,10-16H2,1H3. The second-order valence-corrected chi connectivity index (χ2v) is 8.47. The number of benzene rings is 2. The highest BCUT2D eigenvalue weighted by Gasteiger charge is 2.33. The van der Waals surface area contributed by atoms with Crippen molar-refractivity contribution in [2.45, 2.75) is 45.3 Å². The highest BCUT2D eigenvalue weighted by atomic mass is 19.4. The quantitative estimate of drug-likeness (QED) is 0.685. The summed E-state index contributed by atoms with van der Waals surface area (Å²) in [6.45, 7) is 5.15. The number of para-hydroxylation sites is 1. The van der Waals surface area contributed by atoms with Gasteiger partial charge in [-0.2, -0.15) is 0 Å². The lowest BCUT2D eigenvalue weighted by atomic mass is 9.90. The summed E-state index contributed by atoms with van der Waals surface area (Å²) in [5.74, 6) is 1.03. The van der Waals surface area contributed by atoms with Gasteiger partial charge < -0.3 is 14.4 Å². The maximum Gasteiger partial charge on any atom is 0.573 e. The number of carbonyl (C=O) groups is 1. The average molecular weight is 448 g/mol. The van der Waals surface area contributed by atoms with Gasteiger partial charge in [0, 0.05) is 31.5 Å². The molecule has 2 heterocycles. The number of hydrogen-bond donors (Lipinski definition) is 0. The molecule has 0 N–H and O–H groups in total. The van der Waals surface area contributed by atoms with Gasteiger partial charge in [0.15, 0.2) is 0 Å². The molecule has 2 aromatic rings. The van der Waals surface area contributed by atoms with Crippen LogP contribution in [0.3, 0.4) is 0 Å². The highest BCUT2D eigenvalue weighted by Crippen LogP contribution is 2.31. The number of piperidine rings is 1. The first-order chi connectivity index (χ1) is 15.3. The molecule has 1 amide bonds. The number of likely N-dealkylation sites (tertiary alicyclic amines) is 1. The third-order valence-corrected chi connectivity index (χ3v) is 6.18. The van der Waals surface area contributed by atoms with E-state index in [0.29, 0.717) is 25.6 Å². The number of nitrogens with zero attached hydrogens (tertiary/aromatic N) is 2. The molecular weight excluding hydrogens is 421 g/mol. The first-order valence-corrected chi connectivity index (χ1v) is 10.8. The maximum atomic E-state index is 12.3. The third kappa shape index (κ3) is 5.73. The van der Waals surface area contributed by atoms with Crippen LogP contribution in [-0.2, 0) is 17.9 Å². The van der Waals surface area contributed by atoms with Crippen molar-refractivity contribution in [1.29, 1.82) is 0 Å². The van der Waals surface area contributed by atoms with E-state index in [1.165, 1.54) is 12.1 Å². The van der Waals surface area contributed by atoms with E-state index in [1.54, 1.807) is 19.1 Å². The Morgan fingerprint density at radius 2 is 1.78 bits per heavy atom. The van der Waals surface area contributed by atoms with E-state index in [0.717, 1.165) is 42.8 Å². The van der Waals surface area contributed by atoms with Gasteiger partial charge in [0.05, 0.1) is 6.54 Å². The number of ether oxygens (including phenoxy) is 2. The zero-order valence-electron chi connectivity index (χ0n) is 18.0. The van der Waals surface area contributed by atoms with Gasteiger partial charge in [-0.15, -0.1) is 13.2 Å². The molecule has 4 rings (SSSR count). The molecule has 2 aliphatic heterocycles. The lowest BCUT2D eigenvalue weighted by molar-refractivity contribution is -0.274. The van der Waals surface area contributed by atoms with E-state index < -0.39 is 6.36 Å². The molecule has 0 saturated carbocycles. The molecule has 2 aliphatic rings. The van der Waals surface area contributed by atoms with Crippen molar-refractivity contribution in [1.82, 2.24) is 9.80 Å². The summed E-state index contributed by atoms with van der Waals surface area (Å²) >= 11 is 0. The van der Waals surface area contributed by atoms with E-state index in [-0.39, 0.29) is 17.8 Å². The number of amides is 1. The predicted molar refractivity (Wildman–Crippen MR) is 113 cm³/mol. The molecule has 1 atom stereocenters. The SMILES string of the molecule is CC(=O)N1Cc2ccccc2OC(C2CCN(Cc3ccc(OC(F)(F)F)cc3)CC2)C1. The lowest BCUT2D eigenvalue weighted by Crippen LogP contribution is -2.44. The van der Waals surface area contributed by atoms with Gasteiger partial charge in [-0.25, -0.2) is 0 Å². The Hall–Kier alpha value is -2.74. The Morgan fingerprint density at radius 3 is 2.44 bits per heavy atom. The number of carbonyl (C=O) groups excluding carboxylic acids is 1. The predicted octanol–water partition coefficient (Wildman–Crippen LogP) is 4.61. The van der Waals surface area contributed by atoms with E-state index >= 15 is 0 Å². The Labute approximate surface area is 185 Å². The zero-order valence-corrected chi connectivity index (χ0v) is 18.0. The summed E-state index contributed by atoms with van der Waals surface area (Å²) in [5.41, 5.74) is 1.97. The van der Waals surface area contributed by atoms with Crippen LogP contribution in [-0.4, -0.2) is 47.8 Å². The maximum absolute atomic E-state index is 12.3. The fourth-order valence-electron chi connectivity index (χ4n) is 4.46. The third-order valence-electron chi connectivity index (χ3n) is 6.18. The molecule has 1 unspecified atom stereocenters. The first kappa shape index (κ1) is 22.5. The molecule has 0 aromatic heterocycles. The number of hydrogen-bond acceptors (Lipinski definition) is 4. The number of alkyl halides is 3. The minimum absolute atomic E-state index is 0.0469. The summed E-state index contributed by atoms with van der Waals surface area (Å²) in [7, 11) is 0. The Morgan fingerprint density at radius 1 is 1.09 bits per heavy atom. The van der Waals surface area contributed by atoms with Crippen molar-refractivity contribution < 1.29 is 27.4 Å². The fourth-order valence-corrected chi connectivity index (χ4v) is 4.46. The summed E-state index contributed by atoms with van der Waals surface area (Å²) in [5, 5.41) is 0. The highest BCUT2D eigenvalue weighted by molar-refractivity contribution is 5.73. The molecule has 1 saturated heterocycles. The molecule has 0 bridgehead atoms. The average Bonchev–Trinajstić information content (AvgIpc) is 2.95. The molecule has 1 fully saturated rings. The smallest absolute Gasteiger partial charge is 0.488 e. The van der Waals surface area contributed by atoms with E-state index in [4.69, 9.17) is 4.74 Å². The van der Waals surface area contributed by atoms with E-state index in [2.05, 4.69) is 9.64 Å². The Bertz CT molecular complexity index is 925. The van der Waals surface area contributed by atoms with Crippen LogP contribution in [0.2, 0.25) is 0 Å². The monoisotopic (exact) mass is 448 g/mol. The number of fused-ring (bicyclic) bond motifs is 1. The lowest BCUT2D eigenvalue weighted by Gasteiger charge is -2.36. The first-order valence-electron chi connectivity index (χ1n) is 10.8. The molecule has 5 nitrogen and oxygen atoms in total. The van der Waals surface area contributed by atoms with Crippen LogP contribution in [0.15, 0.2) is 48.5 Å². The zero-order chi connectivity index (χ0) is 22.7. The van der Waals surface area contributed by atoms with Crippen molar-refractivity contribution in [3.05, 3.63) is 59.7 Å². The van der Waals surface area contributed by atoms with Gasteiger partial charge >= 0.3 is 6.36 Å². The molecule has 2 aromatic carbocycles. The fraction of sp³-hybridized carbons (Fsp3) is 0.458. The van der Waals surface area contributed by atoms with Crippen LogP contribution in [0, 0.1) is 5.92 Å². The van der Waals surface area contributed by atoms with Crippen LogP contribution in [0.1, 0.15) is 30.9 Å². The van der Waals surface area contributed by atoms with Gasteiger partial charge in [-0.05, 0) is 49.7 Å². The molecule has 8 heteroatoms. The molecule has 172 valence electrons. The number of rotatable bonds is 4. The second-order valence-electron chi connectivity index (χ2n) is 8.47. The van der Waals surface area contributed by atoms with E-state index in [9.17, 15) is 18.0 Å². The van der Waals surface area contributed by atoms with Crippen LogP contribution in [0.25, 0.3) is 0 Å². The molecular formula is C24H27F3N2O3. The Kier molecular flexibility index (Phi) is 6.60. The largest absolute Gasteiger partial charge is 0.573 e. The van der Waals surface area contributed by atoms with Gasteiger partial charge in [0.2, 0.25) is 5.91 Å². The summed E-state index contributed by atoms with van der Waals surface area (Å²) in [6.07, 6.45) is -2.85. The van der Waals surface area contributed by atoms with E-state index in [1.807, 2.05) is 29.2 Å². The molecule has 32 heavy (non-hydrogen) atoms. The van der Waals surface area contributed by atoms with Crippen LogP contribution in [0.4, 0.5) is 13.2 Å². The van der Waals surface area contributed by atoms with Crippen molar-refractivity contribution in [3.63, 3.8) is 0 Å². The summed E-state index contributed by atoms with van der Waals surface area (Å²) < 4.78 is 47.3. The minimum Gasteiger partial charge on any atom is -0.488 e.